The van der Waals surface area contributed by atoms with Crippen molar-refractivity contribution in [3.05, 3.63) is 24.2 Å². The Kier molecular flexibility index (Phi) is 3.71. The summed E-state index contributed by atoms with van der Waals surface area (Å²) in [7, 11) is 0. The third-order valence-electron chi connectivity index (χ3n) is 3.57. The van der Waals surface area contributed by atoms with Gasteiger partial charge in [0, 0.05) is 31.0 Å². The van der Waals surface area contributed by atoms with Gasteiger partial charge in [0.2, 0.25) is 0 Å². The quantitative estimate of drug-likeness (QED) is 0.893. The summed E-state index contributed by atoms with van der Waals surface area (Å²) in [6, 6.07) is 1.19. The predicted octanol–water partition coefficient (Wildman–Crippen LogP) is 2.30. The lowest BCUT2D eigenvalue weighted by atomic mass is 10.1. The van der Waals surface area contributed by atoms with Crippen molar-refractivity contribution in [3.8, 4) is 0 Å². The lowest BCUT2D eigenvalue weighted by Gasteiger charge is -2.17. The van der Waals surface area contributed by atoms with Crippen LogP contribution in [0.4, 0.5) is 19.0 Å². The van der Waals surface area contributed by atoms with Gasteiger partial charge < -0.3 is 10.6 Å². The highest BCUT2D eigenvalue weighted by molar-refractivity contribution is 5.68. The van der Waals surface area contributed by atoms with Gasteiger partial charge >= 0.3 is 6.18 Å². The van der Waals surface area contributed by atoms with E-state index in [-0.39, 0.29) is 6.04 Å². The van der Waals surface area contributed by atoms with Gasteiger partial charge in [0.25, 0.3) is 0 Å². The molecular formula is C13H16F3N5. The Bertz CT molecular complexity index is 614. The number of hydrogen-bond acceptors (Lipinski definition) is 4. The molecule has 8 heteroatoms. The molecule has 2 N–H and O–H groups in total. The molecule has 1 saturated heterocycles. The second-order valence-corrected chi connectivity index (χ2v) is 5.17. The minimum atomic E-state index is -4.45. The topological polar surface area (TPSA) is 54.2 Å². The SMILES string of the molecule is FC(F)(F)c1cc2c(NC3CCCCNC3)nccn2n1. The Hall–Kier alpha value is -1.83. The van der Waals surface area contributed by atoms with Crippen molar-refractivity contribution in [2.45, 2.75) is 31.5 Å². The molecule has 1 aliphatic heterocycles. The van der Waals surface area contributed by atoms with Crippen molar-refractivity contribution in [2.24, 2.45) is 0 Å². The molecule has 2 aromatic heterocycles. The molecule has 0 aromatic carbocycles. The summed E-state index contributed by atoms with van der Waals surface area (Å²) in [6.07, 6.45) is 1.58. The van der Waals surface area contributed by atoms with E-state index in [4.69, 9.17) is 0 Å². The predicted molar refractivity (Wildman–Crippen MR) is 72.1 cm³/mol. The molecule has 1 unspecified atom stereocenters. The van der Waals surface area contributed by atoms with Gasteiger partial charge in [0.05, 0.1) is 0 Å². The van der Waals surface area contributed by atoms with Crippen LogP contribution in [0, 0.1) is 0 Å². The highest BCUT2D eigenvalue weighted by atomic mass is 19.4. The fourth-order valence-electron chi connectivity index (χ4n) is 2.51. The minimum absolute atomic E-state index is 0.162. The molecule has 2 aromatic rings. The first-order valence-electron chi connectivity index (χ1n) is 6.93. The van der Waals surface area contributed by atoms with Gasteiger partial charge in [-0.1, -0.05) is 6.42 Å². The van der Waals surface area contributed by atoms with Crippen LogP contribution in [0.15, 0.2) is 18.5 Å². The Labute approximate surface area is 119 Å². The molecule has 114 valence electrons. The molecule has 0 aliphatic carbocycles. The van der Waals surface area contributed by atoms with E-state index in [0.717, 1.165) is 38.4 Å². The average molecular weight is 299 g/mol. The van der Waals surface area contributed by atoms with Crippen molar-refractivity contribution in [3.63, 3.8) is 0 Å². The fourth-order valence-corrected chi connectivity index (χ4v) is 2.51. The van der Waals surface area contributed by atoms with E-state index in [1.165, 1.54) is 16.9 Å². The monoisotopic (exact) mass is 299 g/mol. The van der Waals surface area contributed by atoms with Gasteiger partial charge in [-0.2, -0.15) is 18.3 Å². The van der Waals surface area contributed by atoms with Crippen molar-refractivity contribution in [1.29, 1.82) is 0 Å². The van der Waals surface area contributed by atoms with Crippen LogP contribution < -0.4 is 10.6 Å². The second kappa shape index (κ2) is 5.51. The number of nitrogens with one attached hydrogen (secondary N) is 2. The molecule has 0 saturated carbocycles. The summed E-state index contributed by atoms with van der Waals surface area (Å²) in [5, 5.41) is 10.1. The number of aromatic nitrogens is 3. The van der Waals surface area contributed by atoms with Gasteiger partial charge in [-0.25, -0.2) is 9.50 Å². The molecule has 0 spiro atoms. The molecule has 5 nitrogen and oxygen atoms in total. The average Bonchev–Trinajstić information content (AvgIpc) is 2.72. The molecule has 1 fully saturated rings. The first-order chi connectivity index (χ1) is 10.0. The highest BCUT2D eigenvalue weighted by Gasteiger charge is 2.34. The molecular weight excluding hydrogens is 283 g/mol. The fraction of sp³-hybridized carbons (Fsp3) is 0.538. The van der Waals surface area contributed by atoms with E-state index >= 15 is 0 Å². The number of fused-ring (bicyclic) bond motifs is 1. The standard InChI is InChI=1S/C13H16F3N5/c14-13(15,16)11-7-10-12(18-5-6-21(10)20-11)19-9-3-1-2-4-17-8-9/h5-7,9,17H,1-4,8H2,(H,18,19). The third-order valence-corrected chi connectivity index (χ3v) is 3.57. The Morgan fingerprint density at radius 3 is 3.00 bits per heavy atom. The molecule has 3 heterocycles. The highest BCUT2D eigenvalue weighted by Crippen LogP contribution is 2.30. The number of rotatable bonds is 2. The van der Waals surface area contributed by atoms with Crippen LogP contribution in [-0.4, -0.2) is 33.7 Å². The summed E-state index contributed by atoms with van der Waals surface area (Å²) >= 11 is 0. The number of halogens is 3. The number of alkyl halides is 3. The van der Waals surface area contributed by atoms with Gasteiger partial charge in [-0.05, 0) is 19.4 Å². The summed E-state index contributed by atoms with van der Waals surface area (Å²) < 4.78 is 39.4. The molecule has 1 atom stereocenters. The van der Waals surface area contributed by atoms with E-state index in [0.29, 0.717) is 11.3 Å². The summed E-state index contributed by atoms with van der Waals surface area (Å²) in [6.45, 7) is 1.75. The Morgan fingerprint density at radius 1 is 1.33 bits per heavy atom. The lowest BCUT2D eigenvalue weighted by molar-refractivity contribution is -0.141. The van der Waals surface area contributed by atoms with Crippen molar-refractivity contribution < 1.29 is 13.2 Å². The number of nitrogens with zero attached hydrogens (tertiary/aromatic N) is 3. The summed E-state index contributed by atoms with van der Waals surface area (Å²) in [4.78, 5) is 4.16. The molecule has 21 heavy (non-hydrogen) atoms. The zero-order valence-corrected chi connectivity index (χ0v) is 11.3. The maximum atomic E-state index is 12.7. The maximum absolute atomic E-state index is 12.7. The van der Waals surface area contributed by atoms with Crippen LogP contribution in [0.5, 0.6) is 0 Å². The van der Waals surface area contributed by atoms with Crippen LogP contribution in [0.2, 0.25) is 0 Å². The van der Waals surface area contributed by atoms with Crippen molar-refractivity contribution in [1.82, 2.24) is 19.9 Å². The summed E-state index contributed by atoms with van der Waals surface area (Å²) in [5.74, 6) is 0.439. The Morgan fingerprint density at radius 2 is 2.19 bits per heavy atom. The van der Waals surface area contributed by atoms with E-state index in [2.05, 4.69) is 20.7 Å². The van der Waals surface area contributed by atoms with Crippen LogP contribution in [0.25, 0.3) is 5.52 Å². The largest absolute Gasteiger partial charge is 0.435 e. The molecule has 0 bridgehead atoms. The molecule has 1 aliphatic rings. The minimum Gasteiger partial charge on any atom is -0.364 e. The van der Waals surface area contributed by atoms with Crippen molar-refractivity contribution >= 4 is 11.3 Å². The van der Waals surface area contributed by atoms with Gasteiger partial charge in [-0.3, -0.25) is 0 Å². The van der Waals surface area contributed by atoms with Gasteiger partial charge in [0.15, 0.2) is 11.5 Å². The van der Waals surface area contributed by atoms with Crippen LogP contribution in [0.3, 0.4) is 0 Å². The van der Waals surface area contributed by atoms with E-state index in [1.54, 1.807) is 0 Å². The first-order valence-corrected chi connectivity index (χ1v) is 6.93. The molecule has 0 radical (unpaired) electrons. The maximum Gasteiger partial charge on any atom is 0.435 e. The van der Waals surface area contributed by atoms with Gasteiger partial charge in [0.1, 0.15) is 5.52 Å². The molecule has 0 amide bonds. The van der Waals surface area contributed by atoms with Crippen LogP contribution in [-0.2, 0) is 6.18 Å². The van der Waals surface area contributed by atoms with E-state index in [1.807, 2.05) is 0 Å². The van der Waals surface area contributed by atoms with Crippen molar-refractivity contribution in [2.75, 3.05) is 18.4 Å². The number of anilines is 1. The van der Waals surface area contributed by atoms with Crippen LogP contribution >= 0.6 is 0 Å². The van der Waals surface area contributed by atoms with Crippen LogP contribution in [0.1, 0.15) is 25.0 Å². The Balaban J connectivity index is 1.89. The van der Waals surface area contributed by atoms with Gasteiger partial charge in [-0.15, -0.1) is 0 Å². The normalized spacial score (nSPS) is 20.4. The zero-order chi connectivity index (χ0) is 14.9. The van der Waals surface area contributed by atoms with E-state index < -0.39 is 11.9 Å². The smallest absolute Gasteiger partial charge is 0.364 e. The zero-order valence-electron chi connectivity index (χ0n) is 11.3. The third kappa shape index (κ3) is 3.10. The lowest BCUT2D eigenvalue weighted by Crippen LogP contribution is -2.31. The number of hydrogen-bond donors (Lipinski definition) is 2. The second-order valence-electron chi connectivity index (χ2n) is 5.17. The molecule has 3 rings (SSSR count). The van der Waals surface area contributed by atoms with E-state index in [9.17, 15) is 13.2 Å². The first kappa shape index (κ1) is 14.1. The summed E-state index contributed by atoms with van der Waals surface area (Å²) in [5.41, 5.74) is -0.563.